The molecule has 6 nitrogen and oxygen atoms in total. The zero-order valence-electron chi connectivity index (χ0n) is 19.4. The van der Waals surface area contributed by atoms with Crippen LogP contribution < -0.4 is 15.5 Å². The van der Waals surface area contributed by atoms with E-state index in [4.69, 9.17) is 4.74 Å². The second-order valence-electron chi connectivity index (χ2n) is 8.79. The van der Waals surface area contributed by atoms with Gasteiger partial charge < -0.3 is 14.6 Å². The van der Waals surface area contributed by atoms with Gasteiger partial charge in [0, 0.05) is 17.3 Å². The maximum atomic E-state index is 13.2. The summed E-state index contributed by atoms with van der Waals surface area (Å²) in [6.45, 7) is 2.74. The molecule has 4 aromatic rings. The molecule has 1 N–H and O–H groups in total. The SMILES string of the molecule is COc1ccc(C(CNC(=O)Cn2c3ccccc3c(=O)c3ccccc32)N2CCCC2)cc1. The number of carbonyl (C=O) groups is 1. The molecule has 174 valence electrons. The molecular formula is C28H29N3O3. The van der Waals surface area contributed by atoms with E-state index < -0.39 is 0 Å². The topological polar surface area (TPSA) is 63.6 Å². The molecule has 1 unspecified atom stereocenters. The van der Waals surface area contributed by atoms with E-state index in [-0.39, 0.29) is 23.9 Å². The number of carbonyl (C=O) groups excluding carboxylic acids is 1. The lowest BCUT2D eigenvalue weighted by Gasteiger charge is -2.28. The molecule has 1 atom stereocenters. The first-order valence-electron chi connectivity index (χ1n) is 11.8. The Labute approximate surface area is 198 Å². The van der Waals surface area contributed by atoms with Gasteiger partial charge in [0.15, 0.2) is 5.43 Å². The number of ether oxygens (including phenoxy) is 1. The van der Waals surface area contributed by atoms with Gasteiger partial charge in [-0.15, -0.1) is 0 Å². The van der Waals surface area contributed by atoms with Crippen molar-refractivity contribution in [3.63, 3.8) is 0 Å². The molecule has 5 rings (SSSR count). The number of aromatic nitrogens is 1. The van der Waals surface area contributed by atoms with Crippen molar-refractivity contribution in [1.82, 2.24) is 14.8 Å². The number of amides is 1. The van der Waals surface area contributed by atoms with Crippen LogP contribution in [0.2, 0.25) is 0 Å². The third kappa shape index (κ3) is 4.29. The third-order valence-corrected chi connectivity index (χ3v) is 6.76. The lowest BCUT2D eigenvalue weighted by molar-refractivity contribution is -0.121. The third-order valence-electron chi connectivity index (χ3n) is 6.76. The van der Waals surface area contributed by atoms with Crippen molar-refractivity contribution >= 4 is 27.7 Å². The number of methoxy groups -OCH3 is 1. The van der Waals surface area contributed by atoms with Crippen molar-refractivity contribution in [2.45, 2.75) is 25.4 Å². The second-order valence-corrected chi connectivity index (χ2v) is 8.79. The number of likely N-dealkylation sites (tertiary alicyclic amines) is 1. The summed E-state index contributed by atoms with van der Waals surface area (Å²) in [5.74, 6) is 0.751. The Hall–Kier alpha value is -3.64. The minimum Gasteiger partial charge on any atom is -0.497 e. The quantitative estimate of drug-likeness (QED) is 0.426. The lowest BCUT2D eigenvalue weighted by atomic mass is 10.1. The van der Waals surface area contributed by atoms with Gasteiger partial charge in [-0.1, -0.05) is 36.4 Å². The van der Waals surface area contributed by atoms with Gasteiger partial charge >= 0.3 is 0 Å². The second kappa shape index (κ2) is 9.69. The highest BCUT2D eigenvalue weighted by Crippen LogP contribution is 2.26. The molecule has 1 amide bonds. The molecule has 1 saturated heterocycles. The van der Waals surface area contributed by atoms with Crippen molar-refractivity contribution in [3.8, 4) is 5.75 Å². The first-order valence-corrected chi connectivity index (χ1v) is 11.8. The predicted octanol–water partition coefficient (Wildman–Crippen LogP) is 4.12. The summed E-state index contributed by atoms with van der Waals surface area (Å²) in [5, 5.41) is 4.42. The molecule has 1 fully saturated rings. The van der Waals surface area contributed by atoms with Gasteiger partial charge in [-0.05, 0) is 67.9 Å². The molecule has 0 radical (unpaired) electrons. The number of hydrogen-bond acceptors (Lipinski definition) is 4. The zero-order valence-corrected chi connectivity index (χ0v) is 19.4. The van der Waals surface area contributed by atoms with Gasteiger partial charge in [0.25, 0.3) is 0 Å². The highest BCUT2D eigenvalue weighted by atomic mass is 16.5. The number of rotatable bonds is 7. The fraction of sp³-hybridized carbons (Fsp3) is 0.286. The van der Waals surface area contributed by atoms with Gasteiger partial charge in [0.2, 0.25) is 5.91 Å². The first-order chi connectivity index (χ1) is 16.7. The summed E-state index contributed by atoms with van der Waals surface area (Å²) in [5.41, 5.74) is 2.71. The summed E-state index contributed by atoms with van der Waals surface area (Å²) in [4.78, 5) is 28.6. The van der Waals surface area contributed by atoms with E-state index in [1.54, 1.807) is 7.11 Å². The molecule has 0 saturated carbocycles. The normalized spacial score (nSPS) is 15.0. The Balaban J connectivity index is 1.41. The standard InChI is InChI=1S/C28H29N3O3/c1-34-21-14-12-20(13-15-21)26(30-16-6-7-17-30)18-29-27(32)19-31-24-10-4-2-8-22(24)28(33)23-9-3-5-11-25(23)31/h2-5,8-15,26H,6-7,16-19H2,1H3,(H,29,32). The predicted molar refractivity (Wildman–Crippen MR) is 135 cm³/mol. The molecule has 0 bridgehead atoms. The molecule has 0 aliphatic carbocycles. The van der Waals surface area contributed by atoms with Crippen LogP contribution in [0, 0.1) is 0 Å². The molecule has 34 heavy (non-hydrogen) atoms. The van der Waals surface area contributed by atoms with Gasteiger partial charge in [0.05, 0.1) is 24.2 Å². The summed E-state index contributed by atoms with van der Waals surface area (Å²) in [6, 6.07) is 23.2. The average molecular weight is 456 g/mol. The summed E-state index contributed by atoms with van der Waals surface area (Å²) >= 11 is 0. The molecule has 1 aliphatic heterocycles. The largest absolute Gasteiger partial charge is 0.497 e. The van der Waals surface area contributed by atoms with Crippen molar-refractivity contribution in [3.05, 3.63) is 88.6 Å². The number of fused-ring (bicyclic) bond motifs is 2. The van der Waals surface area contributed by atoms with Crippen molar-refractivity contribution in [2.75, 3.05) is 26.7 Å². The number of pyridine rings is 1. The first kappa shape index (κ1) is 22.2. The number of benzene rings is 3. The van der Waals surface area contributed by atoms with Crippen LogP contribution in [0.1, 0.15) is 24.4 Å². The van der Waals surface area contributed by atoms with Crippen LogP contribution in [0.5, 0.6) is 5.75 Å². The minimum absolute atomic E-state index is 0.00328. The van der Waals surface area contributed by atoms with Crippen molar-refractivity contribution in [2.24, 2.45) is 0 Å². The van der Waals surface area contributed by atoms with Crippen molar-refractivity contribution < 1.29 is 9.53 Å². The van der Waals surface area contributed by atoms with Crippen LogP contribution in [0.15, 0.2) is 77.6 Å². The molecule has 1 aromatic heterocycles. The smallest absolute Gasteiger partial charge is 0.240 e. The number of nitrogens with one attached hydrogen (secondary N) is 1. The Morgan fingerprint density at radius 3 is 2.09 bits per heavy atom. The Morgan fingerprint density at radius 1 is 0.912 bits per heavy atom. The molecular weight excluding hydrogens is 426 g/mol. The highest BCUT2D eigenvalue weighted by molar-refractivity contribution is 5.94. The van der Waals surface area contributed by atoms with E-state index in [0.717, 1.165) is 29.9 Å². The maximum Gasteiger partial charge on any atom is 0.240 e. The monoisotopic (exact) mass is 455 g/mol. The van der Waals surface area contributed by atoms with E-state index in [1.165, 1.54) is 18.4 Å². The van der Waals surface area contributed by atoms with Crippen LogP contribution >= 0.6 is 0 Å². The zero-order chi connectivity index (χ0) is 23.5. The summed E-state index contributed by atoms with van der Waals surface area (Å²) in [7, 11) is 1.66. The average Bonchev–Trinajstić information content (AvgIpc) is 3.42. The molecule has 6 heteroatoms. The number of para-hydroxylation sites is 2. The number of nitrogens with zero attached hydrogens (tertiary/aromatic N) is 2. The van der Waals surface area contributed by atoms with Crippen LogP contribution in [-0.4, -0.2) is 42.1 Å². The summed E-state index contributed by atoms with van der Waals surface area (Å²) < 4.78 is 7.25. The Bertz CT molecular complexity index is 1310. The molecule has 2 heterocycles. The van der Waals surface area contributed by atoms with Crippen LogP contribution in [0.25, 0.3) is 21.8 Å². The molecule has 1 aliphatic rings. The minimum atomic E-state index is -0.0725. The Kier molecular flexibility index (Phi) is 6.32. The lowest BCUT2D eigenvalue weighted by Crippen LogP contribution is -2.38. The number of hydrogen-bond donors (Lipinski definition) is 1. The van der Waals surface area contributed by atoms with Crippen LogP contribution in [0.3, 0.4) is 0 Å². The van der Waals surface area contributed by atoms with E-state index in [0.29, 0.717) is 17.3 Å². The highest BCUT2D eigenvalue weighted by Gasteiger charge is 2.24. The van der Waals surface area contributed by atoms with Crippen LogP contribution in [0.4, 0.5) is 0 Å². The van der Waals surface area contributed by atoms with Gasteiger partial charge in [-0.2, -0.15) is 0 Å². The van der Waals surface area contributed by atoms with E-state index in [1.807, 2.05) is 65.2 Å². The maximum absolute atomic E-state index is 13.2. The Morgan fingerprint density at radius 2 is 1.50 bits per heavy atom. The van der Waals surface area contributed by atoms with E-state index >= 15 is 0 Å². The van der Waals surface area contributed by atoms with E-state index in [2.05, 4.69) is 22.3 Å². The van der Waals surface area contributed by atoms with E-state index in [9.17, 15) is 9.59 Å². The molecule has 3 aromatic carbocycles. The van der Waals surface area contributed by atoms with Gasteiger partial charge in [0.1, 0.15) is 12.3 Å². The summed E-state index contributed by atoms with van der Waals surface area (Å²) in [6.07, 6.45) is 2.35. The fourth-order valence-corrected chi connectivity index (χ4v) is 4.99. The van der Waals surface area contributed by atoms with Crippen molar-refractivity contribution in [1.29, 1.82) is 0 Å². The van der Waals surface area contributed by atoms with Gasteiger partial charge in [-0.25, -0.2) is 0 Å². The fourth-order valence-electron chi connectivity index (χ4n) is 4.99. The van der Waals surface area contributed by atoms with Gasteiger partial charge in [-0.3, -0.25) is 14.5 Å². The van der Waals surface area contributed by atoms with Crippen LogP contribution in [-0.2, 0) is 11.3 Å². The molecule has 0 spiro atoms.